The van der Waals surface area contributed by atoms with Crippen molar-refractivity contribution < 1.29 is 4.74 Å². The summed E-state index contributed by atoms with van der Waals surface area (Å²) in [5.74, 6) is 1.27. The molecule has 2 heterocycles. The predicted molar refractivity (Wildman–Crippen MR) is 86.7 cm³/mol. The number of rotatable bonds is 5. The van der Waals surface area contributed by atoms with Gasteiger partial charge in [0.2, 0.25) is 0 Å². The van der Waals surface area contributed by atoms with Gasteiger partial charge < -0.3 is 9.30 Å². The number of fused-ring (bicyclic) bond motifs is 1. The van der Waals surface area contributed by atoms with E-state index >= 15 is 0 Å². The van der Waals surface area contributed by atoms with Gasteiger partial charge in [-0.3, -0.25) is 9.36 Å². The third kappa shape index (κ3) is 2.58. The van der Waals surface area contributed by atoms with Crippen molar-refractivity contribution in [3.8, 4) is 5.75 Å². The number of aryl methyl sites for hydroxylation is 1. The van der Waals surface area contributed by atoms with Crippen LogP contribution in [-0.2, 0) is 6.54 Å². The largest absolute Gasteiger partial charge is 0.496 e. The van der Waals surface area contributed by atoms with E-state index in [2.05, 4.69) is 22.1 Å². The molecule has 0 aliphatic carbocycles. The molecule has 0 saturated carbocycles. The van der Waals surface area contributed by atoms with Crippen LogP contribution in [0.1, 0.15) is 32.1 Å². The number of nitrogens with zero attached hydrogens (tertiary/aromatic N) is 5. The van der Waals surface area contributed by atoms with Gasteiger partial charge in [0.1, 0.15) is 17.5 Å². The second-order valence-corrected chi connectivity index (χ2v) is 5.37. The van der Waals surface area contributed by atoms with Crippen LogP contribution in [0.4, 0.5) is 0 Å². The second-order valence-electron chi connectivity index (χ2n) is 5.37. The first-order valence-electron chi connectivity index (χ1n) is 7.59. The fourth-order valence-electron chi connectivity index (χ4n) is 2.72. The van der Waals surface area contributed by atoms with Crippen molar-refractivity contribution in [1.82, 2.24) is 24.3 Å². The summed E-state index contributed by atoms with van der Waals surface area (Å²) >= 11 is 0. The highest BCUT2D eigenvalue weighted by molar-refractivity contribution is 5.83. The van der Waals surface area contributed by atoms with E-state index in [1.807, 2.05) is 17.6 Å². The van der Waals surface area contributed by atoms with Crippen LogP contribution >= 0.6 is 0 Å². The summed E-state index contributed by atoms with van der Waals surface area (Å²) in [6.45, 7) is 4.81. The van der Waals surface area contributed by atoms with Crippen LogP contribution in [0.3, 0.4) is 0 Å². The highest BCUT2D eigenvalue weighted by atomic mass is 16.5. The first-order chi connectivity index (χ1) is 11.2. The number of hydrogen-bond donors (Lipinski definition) is 0. The maximum absolute atomic E-state index is 12.9. The van der Waals surface area contributed by atoms with Gasteiger partial charge >= 0.3 is 0 Å². The number of hydrogen-bond acceptors (Lipinski definition) is 5. The molecule has 0 N–H and O–H groups in total. The molecule has 0 fully saturated rings. The quantitative estimate of drug-likeness (QED) is 0.720. The molecule has 3 aromatic rings. The molecule has 7 heteroatoms. The van der Waals surface area contributed by atoms with Gasteiger partial charge in [0.05, 0.1) is 25.0 Å². The molecule has 3 rings (SSSR count). The Morgan fingerprint density at radius 2 is 2.13 bits per heavy atom. The minimum absolute atomic E-state index is 0.147. The SMILES string of the molecule is CCCn1cnnc1C(C)n1cnc2cccc(OC)c2c1=O. The van der Waals surface area contributed by atoms with Crippen molar-refractivity contribution in [1.29, 1.82) is 0 Å². The van der Waals surface area contributed by atoms with Crippen LogP contribution in [0.25, 0.3) is 10.9 Å². The maximum atomic E-state index is 12.9. The third-order valence-electron chi connectivity index (χ3n) is 3.89. The van der Waals surface area contributed by atoms with Crippen LogP contribution in [0.5, 0.6) is 5.75 Å². The van der Waals surface area contributed by atoms with Crippen LogP contribution in [0, 0.1) is 0 Å². The summed E-state index contributed by atoms with van der Waals surface area (Å²) in [7, 11) is 1.55. The van der Waals surface area contributed by atoms with E-state index in [0.717, 1.165) is 18.8 Å². The third-order valence-corrected chi connectivity index (χ3v) is 3.89. The van der Waals surface area contributed by atoms with E-state index in [0.29, 0.717) is 16.7 Å². The lowest BCUT2D eigenvalue weighted by Crippen LogP contribution is -2.26. The van der Waals surface area contributed by atoms with Crippen molar-refractivity contribution in [3.63, 3.8) is 0 Å². The number of benzene rings is 1. The van der Waals surface area contributed by atoms with Crippen molar-refractivity contribution >= 4 is 10.9 Å². The molecule has 0 bridgehead atoms. The van der Waals surface area contributed by atoms with Gasteiger partial charge in [0, 0.05) is 6.54 Å². The van der Waals surface area contributed by atoms with Gasteiger partial charge in [0.15, 0.2) is 5.82 Å². The summed E-state index contributed by atoms with van der Waals surface area (Å²) in [5, 5.41) is 8.61. The Hall–Kier alpha value is -2.70. The summed E-state index contributed by atoms with van der Waals surface area (Å²) in [6.07, 6.45) is 4.21. The van der Waals surface area contributed by atoms with Crippen molar-refractivity contribution in [2.24, 2.45) is 0 Å². The lowest BCUT2D eigenvalue weighted by Gasteiger charge is -2.16. The van der Waals surface area contributed by atoms with Gasteiger partial charge in [-0.25, -0.2) is 4.98 Å². The van der Waals surface area contributed by atoms with E-state index in [1.54, 1.807) is 36.5 Å². The Kier molecular flexibility index (Phi) is 4.10. The minimum Gasteiger partial charge on any atom is -0.496 e. The molecular formula is C16H19N5O2. The predicted octanol–water partition coefficient (Wildman–Crippen LogP) is 2.02. The fourth-order valence-corrected chi connectivity index (χ4v) is 2.72. The van der Waals surface area contributed by atoms with Crippen molar-refractivity contribution in [2.45, 2.75) is 32.9 Å². The lowest BCUT2D eigenvalue weighted by molar-refractivity contribution is 0.418. The first-order valence-corrected chi connectivity index (χ1v) is 7.59. The first kappa shape index (κ1) is 15.2. The molecule has 1 atom stereocenters. The van der Waals surface area contributed by atoms with Gasteiger partial charge in [-0.1, -0.05) is 13.0 Å². The molecule has 7 nitrogen and oxygen atoms in total. The molecular weight excluding hydrogens is 294 g/mol. The van der Waals surface area contributed by atoms with E-state index in [4.69, 9.17) is 4.74 Å². The van der Waals surface area contributed by atoms with E-state index in [1.165, 1.54) is 0 Å². The van der Waals surface area contributed by atoms with E-state index < -0.39 is 0 Å². The Bertz CT molecular complexity index is 884. The van der Waals surface area contributed by atoms with Crippen LogP contribution < -0.4 is 10.3 Å². The van der Waals surface area contributed by atoms with Crippen molar-refractivity contribution in [2.75, 3.05) is 7.11 Å². The molecule has 1 unspecified atom stereocenters. The highest BCUT2D eigenvalue weighted by Gasteiger charge is 2.18. The van der Waals surface area contributed by atoms with Gasteiger partial charge in [0.25, 0.3) is 5.56 Å². The molecule has 0 amide bonds. The molecule has 0 saturated heterocycles. The maximum Gasteiger partial charge on any atom is 0.265 e. The lowest BCUT2D eigenvalue weighted by atomic mass is 10.2. The standard InChI is InChI=1S/C16H19N5O2/c1-4-8-20-10-18-19-15(20)11(2)21-9-17-12-6-5-7-13(23-3)14(12)16(21)22/h5-7,9-11H,4,8H2,1-3H3. The Morgan fingerprint density at radius 3 is 2.87 bits per heavy atom. The van der Waals surface area contributed by atoms with Crippen molar-refractivity contribution in [3.05, 3.63) is 47.0 Å². The topological polar surface area (TPSA) is 74.8 Å². The molecule has 2 aromatic heterocycles. The Morgan fingerprint density at radius 1 is 1.30 bits per heavy atom. The monoisotopic (exact) mass is 313 g/mol. The van der Waals surface area contributed by atoms with Gasteiger partial charge in [-0.2, -0.15) is 0 Å². The number of aromatic nitrogens is 5. The number of ether oxygens (including phenoxy) is 1. The van der Waals surface area contributed by atoms with Crippen LogP contribution in [0.15, 0.2) is 35.6 Å². The van der Waals surface area contributed by atoms with Gasteiger partial charge in [-0.05, 0) is 25.5 Å². The number of methoxy groups -OCH3 is 1. The second kappa shape index (κ2) is 6.20. The molecule has 0 radical (unpaired) electrons. The average Bonchev–Trinajstić information content (AvgIpc) is 3.02. The minimum atomic E-state index is -0.265. The average molecular weight is 313 g/mol. The Balaban J connectivity index is 2.14. The summed E-state index contributed by atoms with van der Waals surface area (Å²) in [5.41, 5.74) is 0.471. The summed E-state index contributed by atoms with van der Waals surface area (Å²) < 4.78 is 8.84. The molecule has 120 valence electrons. The molecule has 0 aliphatic heterocycles. The normalized spacial score (nSPS) is 12.5. The zero-order chi connectivity index (χ0) is 16.4. The summed E-state index contributed by atoms with van der Waals surface area (Å²) in [4.78, 5) is 17.3. The molecule has 1 aromatic carbocycles. The van der Waals surface area contributed by atoms with Gasteiger partial charge in [-0.15, -0.1) is 10.2 Å². The smallest absolute Gasteiger partial charge is 0.265 e. The van der Waals surface area contributed by atoms with Crippen LogP contribution in [0.2, 0.25) is 0 Å². The van der Waals surface area contributed by atoms with E-state index in [-0.39, 0.29) is 11.6 Å². The molecule has 0 aliphatic rings. The summed E-state index contributed by atoms with van der Waals surface area (Å²) in [6, 6.07) is 5.12. The van der Waals surface area contributed by atoms with E-state index in [9.17, 15) is 4.79 Å². The molecule has 23 heavy (non-hydrogen) atoms. The zero-order valence-corrected chi connectivity index (χ0v) is 13.4. The van der Waals surface area contributed by atoms with Crippen LogP contribution in [-0.4, -0.2) is 31.4 Å². The Labute approximate surface area is 133 Å². The zero-order valence-electron chi connectivity index (χ0n) is 13.4. The fraction of sp³-hybridized carbons (Fsp3) is 0.375. The highest BCUT2D eigenvalue weighted by Crippen LogP contribution is 2.21. The molecule has 0 spiro atoms.